The van der Waals surface area contributed by atoms with E-state index in [1.54, 1.807) is 30.5 Å². The molecule has 0 unspecified atom stereocenters. The predicted octanol–water partition coefficient (Wildman–Crippen LogP) is 3.04. The van der Waals surface area contributed by atoms with Gasteiger partial charge in [0.25, 0.3) is 0 Å². The normalized spacial score (nSPS) is 14.7. The molecule has 0 spiro atoms. The number of rotatable bonds is 15. The molecule has 49 heavy (non-hydrogen) atoms. The quantitative estimate of drug-likeness (QED) is 0.107. The molecule has 0 saturated heterocycles. The third-order valence-electron chi connectivity index (χ3n) is 8.13. The van der Waals surface area contributed by atoms with Crippen molar-refractivity contribution in [2.24, 2.45) is 0 Å². The molecule has 1 aliphatic heterocycles. The molecule has 258 valence electrons. The van der Waals surface area contributed by atoms with E-state index in [9.17, 15) is 20.4 Å². The number of halogens is 1. The maximum absolute atomic E-state index is 10.3. The fourth-order valence-electron chi connectivity index (χ4n) is 5.25. The third kappa shape index (κ3) is 8.97. The van der Waals surface area contributed by atoms with Gasteiger partial charge in [0.2, 0.25) is 0 Å². The molecule has 2 heterocycles. The van der Waals surface area contributed by atoms with Crippen LogP contribution in [-0.2, 0) is 19.8 Å². The van der Waals surface area contributed by atoms with Gasteiger partial charge < -0.3 is 49.8 Å². The second kappa shape index (κ2) is 16.8. The van der Waals surface area contributed by atoms with Gasteiger partial charge in [0.15, 0.2) is 11.5 Å². The summed E-state index contributed by atoms with van der Waals surface area (Å²) in [6, 6.07) is 20.5. The van der Waals surface area contributed by atoms with Gasteiger partial charge in [-0.05, 0) is 53.4 Å². The minimum atomic E-state index is -1.74. The van der Waals surface area contributed by atoms with Crippen LogP contribution in [0, 0.1) is 18.3 Å². The molecule has 5 rings (SSSR count). The van der Waals surface area contributed by atoms with E-state index in [4.69, 9.17) is 40.9 Å². The van der Waals surface area contributed by atoms with Crippen LogP contribution in [0.4, 0.5) is 0 Å². The Morgan fingerprint density at radius 1 is 0.898 bits per heavy atom. The number of hydrogen-bond donors (Lipinski definition) is 6. The topological polar surface area (TPSA) is 187 Å². The second-order valence-electron chi connectivity index (χ2n) is 11.5. The van der Waals surface area contributed by atoms with Crippen molar-refractivity contribution in [2.75, 3.05) is 26.4 Å². The van der Waals surface area contributed by atoms with Crippen molar-refractivity contribution < 1.29 is 44.5 Å². The smallest absolute Gasteiger partial charge is 0.161 e. The molecule has 4 atom stereocenters. The summed E-state index contributed by atoms with van der Waals surface area (Å²) in [4.78, 5) is 4.09. The Morgan fingerprint density at radius 2 is 1.65 bits per heavy atom. The molecule has 6 N–H and O–H groups in total. The van der Waals surface area contributed by atoms with Crippen LogP contribution in [0.2, 0.25) is 5.02 Å². The fraction of sp³-hybridized carbons (Fsp3) is 0.333. The van der Waals surface area contributed by atoms with Crippen molar-refractivity contribution in [1.29, 1.82) is 5.26 Å². The van der Waals surface area contributed by atoms with Crippen molar-refractivity contribution in [3.8, 4) is 40.2 Å². The molecule has 0 fully saturated rings. The minimum absolute atomic E-state index is 0.121. The molecule has 12 nitrogen and oxygen atoms in total. The van der Waals surface area contributed by atoms with E-state index in [0.29, 0.717) is 41.0 Å². The predicted molar refractivity (Wildman–Crippen MR) is 179 cm³/mol. The molecule has 0 saturated carbocycles. The fourth-order valence-corrected chi connectivity index (χ4v) is 5.49. The Bertz CT molecular complexity index is 1770. The summed E-state index contributed by atoms with van der Waals surface area (Å²) in [7, 11) is 0. The number of nitrogens with zero attached hydrogens (tertiary/aromatic N) is 2. The van der Waals surface area contributed by atoms with Crippen molar-refractivity contribution in [3.05, 3.63) is 99.8 Å². The average molecular weight is 692 g/mol. The van der Waals surface area contributed by atoms with Crippen LogP contribution in [0.3, 0.4) is 0 Å². The highest BCUT2D eigenvalue weighted by molar-refractivity contribution is 6.32. The molecule has 3 aromatic carbocycles. The van der Waals surface area contributed by atoms with Crippen LogP contribution in [0.1, 0.15) is 27.9 Å². The number of aromatic nitrogens is 1. The zero-order valence-corrected chi connectivity index (χ0v) is 27.5. The monoisotopic (exact) mass is 691 g/mol. The first-order chi connectivity index (χ1) is 23.7. The van der Waals surface area contributed by atoms with Crippen LogP contribution in [0.5, 0.6) is 23.0 Å². The molecular formula is C36H38ClN3O9. The molecule has 0 radical (unpaired) electrons. The summed E-state index contributed by atoms with van der Waals surface area (Å²) >= 11 is 6.69. The number of nitriles is 1. The van der Waals surface area contributed by atoms with E-state index < -0.39 is 31.0 Å². The van der Waals surface area contributed by atoms with Gasteiger partial charge in [-0.15, -0.1) is 0 Å². The number of aliphatic hydroxyl groups excluding tert-OH is 5. The van der Waals surface area contributed by atoms with Gasteiger partial charge in [0, 0.05) is 36.5 Å². The highest BCUT2D eigenvalue weighted by atomic mass is 35.5. The Labute approximate surface area is 288 Å². The lowest BCUT2D eigenvalue weighted by atomic mass is 9.96. The summed E-state index contributed by atoms with van der Waals surface area (Å²) in [5.41, 5.74) is 5.59. The number of ether oxygens (including phenoxy) is 4. The number of pyridine rings is 1. The summed E-state index contributed by atoms with van der Waals surface area (Å²) in [6.07, 6.45) is -4.95. The standard InChI is InChI=1S/C36H38ClN3O9/c1-21-24(3-2-4-27(21)23-6-8-31-34(12-23)47-10-9-46-31)20-49-33-13-32(48-19-22-5-7-26(14-38)40-15-22)25(11-28(33)37)16-39-17-29(42)35(44)36(45)30(43)18-41/h2-8,11-13,15,29-30,35-36,39,41-45H,9-10,16-20H2,1H3/t29-,30+,35+,36+/m0/s1. The summed E-state index contributed by atoms with van der Waals surface area (Å²) < 4.78 is 23.8. The van der Waals surface area contributed by atoms with Gasteiger partial charge in [-0.2, -0.15) is 5.26 Å². The summed E-state index contributed by atoms with van der Waals surface area (Å²) in [5.74, 6) is 2.22. The van der Waals surface area contributed by atoms with Gasteiger partial charge in [-0.1, -0.05) is 41.9 Å². The van der Waals surface area contributed by atoms with E-state index in [1.165, 1.54) is 0 Å². The van der Waals surface area contributed by atoms with E-state index in [-0.39, 0.29) is 32.0 Å². The lowest BCUT2D eigenvalue weighted by molar-refractivity contribution is -0.114. The molecule has 1 aromatic heterocycles. The lowest BCUT2D eigenvalue weighted by Gasteiger charge is -2.26. The van der Waals surface area contributed by atoms with Crippen LogP contribution >= 0.6 is 11.6 Å². The summed E-state index contributed by atoms with van der Waals surface area (Å²) in [5, 5.41) is 61.4. The van der Waals surface area contributed by atoms with Gasteiger partial charge in [0.1, 0.15) is 68.0 Å². The molecule has 1 aliphatic rings. The largest absolute Gasteiger partial charge is 0.488 e. The van der Waals surface area contributed by atoms with Crippen molar-refractivity contribution in [3.63, 3.8) is 0 Å². The van der Waals surface area contributed by atoms with E-state index in [0.717, 1.165) is 33.6 Å². The number of aliphatic hydroxyl groups is 5. The Balaban J connectivity index is 1.32. The Morgan fingerprint density at radius 3 is 2.39 bits per heavy atom. The number of fused-ring (bicyclic) bond motifs is 1. The SMILES string of the molecule is Cc1c(COc2cc(OCc3ccc(C#N)nc3)c(CNC[C@H](O)[C@@H](O)[C@H](O)[C@H](O)CO)cc2Cl)cccc1-c1ccc2c(c1)OCCO2. The van der Waals surface area contributed by atoms with Gasteiger partial charge >= 0.3 is 0 Å². The van der Waals surface area contributed by atoms with Crippen molar-refractivity contribution in [2.45, 2.75) is 51.1 Å². The highest BCUT2D eigenvalue weighted by Gasteiger charge is 2.29. The zero-order chi connectivity index (χ0) is 34.9. The molecule has 0 bridgehead atoms. The Hall–Kier alpha value is -4.45. The first kappa shape index (κ1) is 35.8. The molecule has 0 amide bonds. The first-order valence-corrected chi connectivity index (χ1v) is 16.0. The van der Waals surface area contributed by atoms with Gasteiger partial charge in [-0.25, -0.2) is 4.98 Å². The molecular weight excluding hydrogens is 654 g/mol. The molecule has 4 aromatic rings. The van der Waals surface area contributed by atoms with Crippen LogP contribution in [0.25, 0.3) is 11.1 Å². The molecule has 0 aliphatic carbocycles. The van der Waals surface area contributed by atoms with Crippen molar-refractivity contribution in [1.82, 2.24) is 10.3 Å². The van der Waals surface area contributed by atoms with Crippen LogP contribution in [-0.4, -0.2) is 81.3 Å². The third-order valence-corrected chi connectivity index (χ3v) is 8.42. The number of nitrogens with one attached hydrogen (secondary N) is 1. The zero-order valence-electron chi connectivity index (χ0n) is 26.8. The average Bonchev–Trinajstić information content (AvgIpc) is 3.13. The van der Waals surface area contributed by atoms with Crippen LogP contribution < -0.4 is 24.3 Å². The maximum Gasteiger partial charge on any atom is 0.161 e. The van der Waals surface area contributed by atoms with Crippen molar-refractivity contribution >= 4 is 11.6 Å². The Kier molecular flexibility index (Phi) is 12.3. The van der Waals surface area contributed by atoms with Gasteiger partial charge in [-0.3, -0.25) is 0 Å². The minimum Gasteiger partial charge on any atom is -0.488 e. The molecule has 13 heteroatoms. The first-order valence-electron chi connectivity index (χ1n) is 15.6. The van der Waals surface area contributed by atoms with Crippen LogP contribution in [0.15, 0.2) is 66.9 Å². The number of hydrogen-bond acceptors (Lipinski definition) is 12. The van der Waals surface area contributed by atoms with E-state index >= 15 is 0 Å². The maximum atomic E-state index is 10.3. The summed E-state index contributed by atoms with van der Waals surface area (Å²) in [6.45, 7) is 2.59. The lowest BCUT2D eigenvalue weighted by Crippen LogP contribution is -2.48. The van der Waals surface area contributed by atoms with Gasteiger partial charge in [0.05, 0.1) is 17.7 Å². The van der Waals surface area contributed by atoms with E-state index in [1.807, 2.05) is 49.4 Å². The highest BCUT2D eigenvalue weighted by Crippen LogP contribution is 2.37. The second-order valence-corrected chi connectivity index (χ2v) is 11.9. The van der Waals surface area contributed by atoms with E-state index in [2.05, 4.69) is 10.3 Å². The number of benzene rings is 3.